The lowest BCUT2D eigenvalue weighted by atomic mass is 10.1. The Morgan fingerprint density at radius 2 is 2.27 bits per heavy atom. The van der Waals surface area contributed by atoms with E-state index in [9.17, 15) is 0 Å². The first-order valence-corrected chi connectivity index (χ1v) is 5.23. The summed E-state index contributed by atoms with van der Waals surface area (Å²) in [6, 6.07) is 6.25. The average Bonchev–Trinajstić information content (AvgIpc) is 2.25. The predicted octanol–water partition coefficient (Wildman–Crippen LogP) is 0.408. The zero-order valence-electron chi connectivity index (χ0n) is 9.48. The molecular weight excluding hydrogens is 188 g/mol. The van der Waals surface area contributed by atoms with Gasteiger partial charge in [-0.1, -0.05) is 6.07 Å². The maximum atomic E-state index is 5.51. The molecule has 15 heavy (non-hydrogen) atoms. The fourth-order valence-corrected chi connectivity index (χ4v) is 1.43. The Bertz CT molecular complexity index is 261. The van der Waals surface area contributed by atoms with Crippen molar-refractivity contribution in [3.05, 3.63) is 30.1 Å². The zero-order valence-corrected chi connectivity index (χ0v) is 9.48. The maximum Gasteiger partial charge on any atom is 0.0419 e. The number of nitrogens with two attached hydrogens (primary N) is 1. The summed E-state index contributed by atoms with van der Waals surface area (Å²) in [5.74, 6) is 5.51. The van der Waals surface area contributed by atoms with Crippen molar-refractivity contribution in [3.8, 4) is 0 Å². The van der Waals surface area contributed by atoms with Gasteiger partial charge in [-0.15, -0.1) is 0 Å². The van der Waals surface area contributed by atoms with Crippen molar-refractivity contribution in [2.24, 2.45) is 5.84 Å². The van der Waals surface area contributed by atoms with Crippen molar-refractivity contribution in [3.63, 3.8) is 0 Å². The van der Waals surface area contributed by atoms with E-state index in [1.165, 1.54) is 0 Å². The summed E-state index contributed by atoms with van der Waals surface area (Å²) in [5.41, 5.74) is 3.92. The smallest absolute Gasteiger partial charge is 0.0419 e. The molecule has 0 radical (unpaired) electrons. The van der Waals surface area contributed by atoms with E-state index in [2.05, 4.69) is 29.4 Å². The normalized spacial score (nSPS) is 13.1. The Labute approximate surface area is 91.5 Å². The van der Waals surface area contributed by atoms with Gasteiger partial charge in [0.05, 0.1) is 0 Å². The van der Waals surface area contributed by atoms with E-state index in [1.807, 2.05) is 24.4 Å². The lowest BCUT2D eigenvalue weighted by Crippen LogP contribution is -2.39. The third kappa shape index (κ3) is 4.88. The average molecular weight is 208 g/mol. The Balaban J connectivity index is 2.40. The van der Waals surface area contributed by atoms with Gasteiger partial charge in [0, 0.05) is 24.4 Å². The van der Waals surface area contributed by atoms with E-state index in [4.69, 9.17) is 5.84 Å². The van der Waals surface area contributed by atoms with Gasteiger partial charge < -0.3 is 4.90 Å². The molecule has 1 rings (SSSR count). The molecule has 0 aliphatic carbocycles. The molecule has 0 fully saturated rings. The third-order valence-electron chi connectivity index (χ3n) is 2.34. The summed E-state index contributed by atoms with van der Waals surface area (Å²) in [6.45, 7) is 1.03. The summed E-state index contributed by atoms with van der Waals surface area (Å²) in [5, 5.41) is 0. The number of hydrazine groups is 1. The fourth-order valence-electron chi connectivity index (χ4n) is 1.43. The highest BCUT2D eigenvalue weighted by Crippen LogP contribution is 2.02. The van der Waals surface area contributed by atoms with E-state index in [0.29, 0.717) is 6.04 Å². The first-order valence-electron chi connectivity index (χ1n) is 5.23. The van der Waals surface area contributed by atoms with Crippen LogP contribution in [0, 0.1) is 0 Å². The molecule has 1 atom stereocenters. The van der Waals surface area contributed by atoms with E-state index >= 15 is 0 Å². The Hall–Kier alpha value is -0.970. The van der Waals surface area contributed by atoms with Crippen LogP contribution >= 0.6 is 0 Å². The summed E-state index contributed by atoms with van der Waals surface area (Å²) >= 11 is 0. The van der Waals surface area contributed by atoms with Crippen LogP contribution < -0.4 is 11.3 Å². The van der Waals surface area contributed by atoms with Gasteiger partial charge in [-0.2, -0.15) is 0 Å². The van der Waals surface area contributed by atoms with Crippen LogP contribution in [0.15, 0.2) is 24.4 Å². The van der Waals surface area contributed by atoms with Crippen LogP contribution in [0.3, 0.4) is 0 Å². The van der Waals surface area contributed by atoms with Crippen molar-refractivity contribution in [2.75, 3.05) is 20.6 Å². The number of nitrogens with one attached hydrogen (secondary N) is 1. The molecule has 84 valence electrons. The molecule has 4 nitrogen and oxygen atoms in total. The van der Waals surface area contributed by atoms with Gasteiger partial charge >= 0.3 is 0 Å². The van der Waals surface area contributed by atoms with Crippen molar-refractivity contribution < 1.29 is 0 Å². The topological polar surface area (TPSA) is 54.2 Å². The molecule has 1 aromatic heterocycles. The number of hydrogen-bond acceptors (Lipinski definition) is 4. The number of rotatable bonds is 6. The van der Waals surface area contributed by atoms with Gasteiger partial charge in [0.15, 0.2) is 0 Å². The van der Waals surface area contributed by atoms with Crippen LogP contribution in [0.4, 0.5) is 0 Å². The number of hydrogen-bond donors (Lipinski definition) is 2. The largest absolute Gasteiger partial charge is 0.309 e. The Morgan fingerprint density at radius 3 is 2.80 bits per heavy atom. The van der Waals surface area contributed by atoms with Crippen LogP contribution in [-0.4, -0.2) is 36.6 Å². The van der Waals surface area contributed by atoms with Gasteiger partial charge in [-0.05, 0) is 39.2 Å². The van der Waals surface area contributed by atoms with Gasteiger partial charge in [0.25, 0.3) is 0 Å². The van der Waals surface area contributed by atoms with E-state index in [1.54, 1.807) is 0 Å². The first kappa shape index (κ1) is 12.1. The van der Waals surface area contributed by atoms with Crippen molar-refractivity contribution in [2.45, 2.75) is 18.9 Å². The SMILES string of the molecule is CN(C)CCC(Cc1ccccn1)NN. The summed E-state index contributed by atoms with van der Waals surface area (Å²) in [6.07, 6.45) is 3.72. The molecule has 0 aromatic carbocycles. The highest BCUT2D eigenvalue weighted by molar-refractivity contribution is 5.05. The number of pyridine rings is 1. The monoisotopic (exact) mass is 208 g/mol. The molecule has 0 aliphatic heterocycles. The minimum absolute atomic E-state index is 0.294. The molecule has 0 spiro atoms. The molecule has 4 heteroatoms. The van der Waals surface area contributed by atoms with Crippen LogP contribution in [-0.2, 0) is 6.42 Å². The number of aromatic nitrogens is 1. The van der Waals surface area contributed by atoms with Crippen LogP contribution in [0.2, 0.25) is 0 Å². The quantitative estimate of drug-likeness (QED) is 0.525. The zero-order chi connectivity index (χ0) is 11.1. The summed E-state index contributed by atoms with van der Waals surface area (Å²) in [4.78, 5) is 6.44. The van der Waals surface area contributed by atoms with E-state index < -0.39 is 0 Å². The lowest BCUT2D eigenvalue weighted by molar-refractivity contribution is 0.357. The van der Waals surface area contributed by atoms with Crippen LogP contribution in [0.25, 0.3) is 0 Å². The lowest BCUT2D eigenvalue weighted by Gasteiger charge is -2.17. The van der Waals surface area contributed by atoms with Crippen LogP contribution in [0.5, 0.6) is 0 Å². The predicted molar refractivity (Wildman–Crippen MR) is 62.2 cm³/mol. The highest BCUT2D eigenvalue weighted by atomic mass is 15.2. The summed E-state index contributed by atoms with van der Waals surface area (Å²) in [7, 11) is 4.13. The van der Waals surface area contributed by atoms with Gasteiger partial charge in [-0.25, -0.2) is 0 Å². The molecular formula is C11H20N4. The maximum absolute atomic E-state index is 5.51. The molecule has 0 saturated carbocycles. The van der Waals surface area contributed by atoms with Crippen molar-refractivity contribution in [1.82, 2.24) is 15.3 Å². The van der Waals surface area contributed by atoms with E-state index in [-0.39, 0.29) is 0 Å². The second-order valence-electron chi connectivity index (χ2n) is 3.98. The molecule has 1 heterocycles. The molecule has 1 unspecified atom stereocenters. The molecule has 0 saturated heterocycles. The Morgan fingerprint density at radius 1 is 1.47 bits per heavy atom. The van der Waals surface area contributed by atoms with Crippen LogP contribution in [0.1, 0.15) is 12.1 Å². The fraction of sp³-hybridized carbons (Fsp3) is 0.545. The minimum atomic E-state index is 0.294. The molecule has 1 aromatic rings. The highest BCUT2D eigenvalue weighted by Gasteiger charge is 2.08. The van der Waals surface area contributed by atoms with Gasteiger partial charge in [0.2, 0.25) is 0 Å². The molecule has 0 aliphatic rings. The number of nitrogens with zero attached hydrogens (tertiary/aromatic N) is 2. The summed E-state index contributed by atoms with van der Waals surface area (Å²) < 4.78 is 0. The van der Waals surface area contributed by atoms with Gasteiger partial charge in [0.1, 0.15) is 0 Å². The van der Waals surface area contributed by atoms with Crippen molar-refractivity contribution in [1.29, 1.82) is 0 Å². The molecule has 3 N–H and O–H groups in total. The third-order valence-corrected chi connectivity index (χ3v) is 2.34. The minimum Gasteiger partial charge on any atom is -0.309 e. The standard InChI is InChI=1S/C11H20N4/c1-15(2)8-6-11(14-12)9-10-5-3-4-7-13-10/h3-5,7,11,14H,6,8-9,12H2,1-2H3. The van der Waals surface area contributed by atoms with Gasteiger partial charge in [-0.3, -0.25) is 16.3 Å². The van der Waals surface area contributed by atoms with Crippen molar-refractivity contribution >= 4 is 0 Å². The Kier molecular flexibility index (Phi) is 5.25. The second kappa shape index (κ2) is 6.50. The second-order valence-corrected chi connectivity index (χ2v) is 3.98. The first-order chi connectivity index (χ1) is 7.22. The van der Waals surface area contributed by atoms with E-state index in [0.717, 1.165) is 25.1 Å². The molecule has 0 bridgehead atoms. The molecule has 0 amide bonds.